The van der Waals surface area contributed by atoms with E-state index in [0.29, 0.717) is 30.2 Å². The van der Waals surface area contributed by atoms with Gasteiger partial charge >= 0.3 is 5.97 Å². The van der Waals surface area contributed by atoms with E-state index in [1.165, 1.54) is 0 Å². The Kier molecular flexibility index (Phi) is 8.84. The van der Waals surface area contributed by atoms with Crippen molar-refractivity contribution in [3.05, 3.63) is 28.8 Å². The van der Waals surface area contributed by atoms with Gasteiger partial charge < -0.3 is 15.7 Å². The fourth-order valence-corrected chi connectivity index (χ4v) is 2.95. The number of hydrogen-bond acceptors (Lipinski definition) is 4. The Morgan fingerprint density at radius 2 is 2.04 bits per heavy atom. The quantitative estimate of drug-likeness (QED) is 0.673. The third-order valence-electron chi connectivity index (χ3n) is 4.21. The van der Waals surface area contributed by atoms with Crippen molar-refractivity contribution in [2.24, 2.45) is 5.92 Å². The molecule has 7 nitrogen and oxygen atoms in total. The van der Waals surface area contributed by atoms with Crippen LogP contribution in [0.3, 0.4) is 0 Å². The molecule has 0 radical (unpaired) electrons. The van der Waals surface area contributed by atoms with Gasteiger partial charge in [0.1, 0.15) is 0 Å². The Morgan fingerprint density at radius 1 is 1.31 bits per heavy atom. The second kappa shape index (κ2) is 10.4. The SMILES string of the molecule is Cc1c(Cl)cccc1NC(=O)CNC(=O)CN1CCCC(C(=O)O)C1.Cl. The molecule has 3 N–H and O–H groups in total. The zero-order valence-electron chi connectivity index (χ0n) is 14.5. The van der Waals surface area contributed by atoms with Gasteiger partial charge in [-0.3, -0.25) is 19.3 Å². The maximum atomic E-state index is 12.0. The van der Waals surface area contributed by atoms with Gasteiger partial charge in [0.2, 0.25) is 11.8 Å². The van der Waals surface area contributed by atoms with Crippen LogP contribution < -0.4 is 10.6 Å². The van der Waals surface area contributed by atoms with Crippen LogP contribution in [0.25, 0.3) is 0 Å². The number of likely N-dealkylation sites (tertiary alicyclic amines) is 1. The van der Waals surface area contributed by atoms with Crippen molar-refractivity contribution < 1.29 is 19.5 Å². The molecule has 0 aliphatic carbocycles. The van der Waals surface area contributed by atoms with E-state index >= 15 is 0 Å². The number of amides is 2. The van der Waals surface area contributed by atoms with E-state index in [9.17, 15) is 14.4 Å². The van der Waals surface area contributed by atoms with Crippen LogP contribution in [-0.4, -0.2) is 54.0 Å². The number of carbonyl (C=O) groups excluding carboxylic acids is 2. The minimum Gasteiger partial charge on any atom is -0.481 e. The van der Waals surface area contributed by atoms with E-state index in [-0.39, 0.29) is 37.3 Å². The predicted octanol–water partition coefficient (Wildman–Crippen LogP) is 1.92. The second-order valence-electron chi connectivity index (χ2n) is 6.15. The average Bonchev–Trinajstić information content (AvgIpc) is 2.57. The number of halogens is 2. The molecule has 1 fully saturated rings. The molecule has 0 saturated carbocycles. The molecule has 1 heterocycles. The highest BCUT2D eigenvalue weighted by Crippen LogP contribution is 2.22. The normalized spacial score (nSPS) is 17.1. The Hall–Kier alpha value is -1.83. The number of nitrogens with one attached hydrogen (secondary N) is 2. The molecule has 2 rings (SSSR count). The minimum atomic E-state index is -0.832. The van der Waals surface area contributed by atoms with Gasteiger partial charge in [0.25, 0.3) is 0 Å². The third-order valence-corrected chi connectivity index (χ3v) is 4.62. The third kappa shape index (κ3) is 6.48. The number of piperidine rings is 1. The number of carboxylic acid groups (broad SMARTS) is 1. The van der Waals surface area contributed by atoms with Gasteiger partial charge in [-0.25, -0.2) is 0 Å². The zero-order valence-corrected chi connectivity index (χ0v) is 16.0. The monoisotopic (exact) mass is 403 g/mol. The Morgan fingerprint density at radius 3 is 2.73 bits per heavy atom. The van der Waals surface area contributed by atoms with Crippen LogP contribution in [0.15, 0.2) is 18.2 Å². The molecular formula is C17H23Cl2N3O4. The van der Waals surface area contributed by atoms with Crippen LogP contribution in [0, 0.1) is 12.8 Å². The molecular weight excluding hydrogens is 381 g/mol. The van der Waals surface area contributed by atoms with Crippen LogP contribution in [0.5, 0.6) is 0 Å². The molecule has 0 aromatic heterocycles. The van der Waals surface area contributed by atoms with Crippen molar-refractivity contribution in [1.82, 2.24) is 10.2 Å². The van der Waals surface area contributed by atoms with Crippen LogP contribution in [0.2, 0.25) is 5.02 Å². The molecule has 26 heavy (non-hydrogen) atoms. The molecule has 9 heteroatoms. The summed E-state index contributed by atoms with van der Waals surface area (Å²) in [5, 5.41) is 14.9. The van der Waals surface area contributed by atoms with Crippen molar-refractivity contribution in [1.29, 1.82) is 0 Å². The van der Waals surface area contributed by atoms with Crippen molar-refractivity contribution >= 4 is 47.5 Å². The Labute approximate surface area is 163 Å². The molecule has 0 spiro atoms. The first kappa shape index (κ1) is 22.2. The van der Waals surface area contributed by atoms with Crippen LogP contribution >= 0.6 is 24.0 Å². The molecule has 2 amide bonds. The highest BCUT2D eigenvalue weighted by Gasteiger charge is 2.26. The van der Waals surface area contributed by atoms with Crippen LogP contribution in [0.1, 0.15) is 18.4 Å². The molecule has 144 valence electrons. The molecule has 1 aromatic rings. The average molecular weight is 404 g/mol. The minimum absolute atomic E-state index is 0. The van der Waals surface area contributed by atoms with Crippen molar-refractivity contribution in [2.75, 3.05) is 31.5 Å². The molecule has 1 aliphatic rings. The number of anilines is 1. The number of hydrogen-bond donors (Lipinski definition) is 3. The summed E-state index contributed by atoms with van der Waals surface area (Å²) in [6.45, 7) is 2.78. The fourth-order valence-electron chi connectivity index (χ4n) is 2.78. The maximum absolute atomic E-state index is 12.0. The summed E-state index contributed by atoms with van der Waals surface area (Å²) in [4.78, 5) is 36.8. The summed E-state index contributed by atoms with van der Waals surface area (Å²) in [5.74, 6) is -1.91. The summed E-state index contributed by atoms with van der Waals surface area (Å²) >= 11 is 6.00. The van der Waals surface area contributed by atoms with E-state index < -0.39 is 11.9 Å². The summed E-state index contributed by atoms with van der Waals surface area (Å²) < 4.78 is 0. The summed E-state index contributed by atoms with van der Waals surface area (Å²) in [5.41, 5.74) is 1.36. The fraction of sp³-hybridized carbons (Fsp3) is 0.471. The number of rotatable bonds is 6. The highest BCUT2D eigenvalue weighted by molar-refractivity contribution is 6.31. The molecule has 1 atom stereocenters. The van der Waals surface area contributed by atoms with E-state index in [2.05, 4.69) is 10.6 Å². The van der Waals surface area contributed by atoms with E-state index in [1.807, 2.05) is 0 Å². The van der Waals surface area contributed by atoms with E-state index in [0.717, 1.165) is 12.0 Å². The molecule has 1 aliphatic heterocycles. The predicted molar refractivity (Wildman–Crippen MR) is 102 cm³/mol. The molecule has 1 aromatic carbocycles. The lowest BCUT2D eigenvalue weighted by Gasteiger charge is -2.29. The Bertz CT molecular complexity index is 669. The number of carbonyl (C=O) groups is 3. The van der Waals surface area contributed by atoms with Gasteiger partial charge in [-0.1, -0.05) is 17.7 Å². The summed E-state index contributed by atoms with van der Waals surface area (Å²) in [6.07, 6.45) is 1.38. The van der Waals surface area contributed by atoms with Crippen LogP contribution in [-0.2, 0) is 14.4 Å². The van der Waals surface area contributed by atoms with Crippen molar-refractivity contribution in [3.8, 4) is 0 Å². The highest BCUT2D eigenvalue weighted by atomic mass is 35.5. The van der Waals surface area contributed by atoms with Gasteiger partial charge in [0, 0.05) is 17.3 Å². The molecule has 0 bridgehead atoms. The largest absolute Gasteiger partial charge is 0.481 e. The molecule has 1 unspecified atom stereocenters. The number of benzene rings is 1. The number of aliphatic carboxylic acids is 1. The Balaban J connectivity index is 0.00000338. The molecule has 1 saturated heterocycles. The van der Waals surface area contributed by atoms with Gasteiger partial charge in [-0.15, -0.1) is 12.4 Å². The first-order chi connectivity index (χ1) is 11.9. The lowest BCUT2D eigenvalue weighted by Crippen LogP contribution is -2.45. The van der Waals surface area contributed by atoms with Gasteiger partial charge in [0.15, 0.2) is 0 Å². The van der Waals surface area contributed by atoms with E-state index in [1.54, 1.807) is 30.0 Å². The first-order valence-electron chi connectivity index (χ1n) is 8.13. The second-order valence-corrected chi connectivity index (χ2v) is 6.56. The smallest absolute Gasteiger partial charge is 0.307 e. The van der Waals surface area contributed by atoms with Gasteiger partial charge in [-0.2, -0.15) is 0 Å². The van der Waals surface area contributed by atoms with Crippen molar-refractivity contribution in [3.63, 3.8) is 0 Å². The van der Waals surface area contributed by atoms with E-state index in [4.69, 9.17) is 16.7 Å². The topological polar surface area (TPSA) is 98.7 Å². The summed E-state index contributed by atoms with van der Waals surface area (Å²) in [6, 6.07) is 5.21. The lowest BCUT2D eigenvalue weighted by molar-refractivity contribution is -0.144. The maximum Gasteiger partial charge on any atom is 0.307 e. The van der Waals surface area contributed by atoms with Crippen LogP contribution in [0.4, 0.5) is 5.69 Å². The standard InChI is InChI=1S/C17H22ClN3O4.ClH/c1-11-13(18)5-2-6-14(11)20-15(22)8-19-16(23)10-21-7-3-4-12(9-21)17(24)25;/h2,5-6,12H,3-4,7-10H2,1H3,(H,19,23)(H,20,22)(H,24,25);1H. The summed E-state index contributed by atoms with van der Waals surface area (Å²) in [7, 11) is 0. The number of carboxylic acids is 1. The zero-order chi connectivity index (χ0) is 18.4. The number of nitrogens with zero attached hydrogens (tertiary/aromatic N) is 1. The van der Waals surface area contributed by atoms with Gasteiger partial charge in [0.05, 0.1) is 19.0 Å². The lowest BCUT2D eigenvalue weighted by atomic mass is 9.98. The van der Waals surface area contributed by atoms with Crippen molar-refractivity contribution in [2.45, 2.75) is 19.8 Å². The first-order valence-corrected chi connectivity index (χ1v) is 8.51. The van der Waals surface area contributed by atoms with Gasteiger partial charge in [-0.05, 0) is 44.0 Å².